The lowest BCUT2D eigenvalue weighted by Gasteiger charge is -2.13. The van der Waals surface area contributed by atoms with E-state index in [-0.39, 0.29) is 10.8 Å². The van der Waals surface area contributed by atoms with E-state index in [1.807, 2.05) is 31.2 Å². The van der Waals surface area contributed by atoms with Crippen molar-refractivity contribution < 1.29 is 14.0 Å². The summed E-state index contributed by atoms with van der Waals surface area (Å²) in [6, 6.07) is 13.3. The Morgan fingerprint density at radius 2 is 1.54 bits per heavy atom. The first-order valence-corrected chi connectivity index (χ1v) is 8.07. The van der Waals surface area contributed by atoms with E-state index in [9.17, 15) is 14.0 Å². The Bertz CT molecular complexity index is 815. The van der Waals surface area contributed by atoms with Crippen molar-refractivity contribution in [1.82, 2.24) is 16.3 Å². The molecule has 136 valence electrons. The fourth-order valence-corrected chi connectivity index (χ4v) is 2.09. The summed E-state index contributed by atoms with van der Waals surface area (Å²) in [6.07, 6.45) is -0.471. The van der Waals surface area contributed by atoms with Gasteiger partial charge in [-0.1, -0.05) is 30.3 Å². The van der Waals surface area contributed by atoms with Crippen LogP contribution >= 0.6 is 12.2 Å². The highest BCUT2D eigenvalue weighted by atomic mass is 32.1. The zero-order valence-corrected chi connectivity index (χ0v) is 14.7. The highest BCUT2D eigenvalue weighted by Gasteiger charge is 2.10. The molecule has 0 saturated heterocycles. The molecule has 26 heavy (non-hydrogen) atoms. The van der Waals surface area contributed by atoms with Gasteiger partial charge in [-0.25, -0.2) is 4.39 Å². The molecular formula is C17H18FN5O2S. The van der Waals surface area contributed by atoms with Gasteiger partial charge in [-0.15, -0.1) is 0 Å². The molecule has 0 saturated carbocycles. The Morgan fingerprint density at radius 3 is 2.23 bits per heavy atom. The van der Waals surface area contributed by atoms with Gasteiger partial charge < -0.3 is 5.32 Å². The van der Waals surface area contributed by atoms with Gasteiger partial charge in [-0.05, 0) is 42.9 Å². The number of benzene rings is 2. The summed E-state index contributed by atoms with van der Waals surface area (Å²) in [7, 11) is 0. The minimum Gasteiger partial charge on any atom is -0.331 e. The van der Waals surface area contributed by atoms with Crippen LogP contribution in [0.1, 0.15) is 12.0 Å². The summed E-state index contributed by atoms with van der Waals surface area (Å²) in [5, 5.41) is 3.10. The second-order valence-corrected chi connectivity index (χ2v) is 5.68. The van der Waals surface area contributed by atoms with Crippen LogP contribution in [0.25, 0.3) is 0 Å². The average Bonchev–Trinajstić information content (AvgIpc) is 2.61. The zero-order valence-electron chi connectivity index (χ0n) is 13.9. The molecule has 2 aromatic rings. The number of thiocarbonyl (C=S) groups is 1. The molecule has 0 unspecified atom stereocenters. The molecular weight excluding hydrogens is 357 g/mol. The smallest absolute Gasteiger partial charge is 0.247 e. The summed E-state index contributed by atoms with van der Waals surface area (Å²) >= 11 is 5.07. The number of carbonyl (C=O) groups excluding carboxylic acids is 2. The van der Waals surface area contributed by atoms with Crippen molar-refractivity contribution in [3.8, 4) is 0 Å². The maximum absolute atomic E-state index is 13.4. The highest BCUT2D eigenvalue weighted by molar-refractivity contribution is 7.80. The molecule has 7 nitrogen and oxygen atoms in total. The van der Waals surface area contributed by atoms with Crippen LogP contribution < -0.4 is 27.0 Å². The number of para-hydroxylation sites is 2. The molecule has 2 aromatic carbocycles. The lowest BCUT2D eigenvalue weighted by molar-refractivity contribution is -0.129. The third-order valence-electron chi connectivity index (χ3n) is 3.24. The number of amides is 2. The summed E-state index contributed by atoms with van der Waals surface area (Å²) in [4.78, 5) is 23.4. The van der Waals surface area contributed by atoms with Crippen LogP contribution in [0.2, 0.25) is 0 Å². The van der Waals surface area contributed by atoms with Crippen LogP contribution in [-0.4, -0.2) is 16.9 Å². The average molecular weight is 375 g/mol. The molecule has 0 aliphatic carbocycles. The van der Waals surface area contributed by atoms with Gasteiger partial charge in [0.2, 0.25) is 11.8 Å². The quantitative estimate of drug-likeness (QED) is 0.312. The Kier molecular flexibility index (Phi) is 6.86. The molecule has 0 aliphatic heterocycles. The molecule has 5 N–H and O–H groups in total. The third kappa shape index (κ3) is 6.02. The van der Waals surface area contributed by atoms with Crippen molar-refractivity contribution in [2.24, 2.45) is 0 Å². The molecule has 2 amide bonds. The van der Waals surface area contributed by atoms with Crippen molar-refractivity contribution in [2.45, 2.75) is 13.3 Å². The third-order valence-corrected chi connectivity index (χ3v) is 3.44. The first-order chi connectivity index (χ1) is 12.5. The lowest BCUT2D eigenvalue weighted by atomic mass is 10.2. The van der Waals surface area contributed by atoms with Crippen molar-refractivity contribution >= 4 is 40.5 Å². The van der Waals surface area contributed by atoms with Crippen LogP contribution in [0.5, 0.6) is 0 Å². The number of hydrogen-bond donors (Lipinski definition) is 5. The van der Waals surface area contributed by atoms with Crippen LogP contribution in [0.15, 0.2) is 48.5 Å². The minimum atomic E-state index is -0.634. The van der Waals surface area contributed by atoms with Crippen molar-refractivity contribution in [1.29, 1.82) is 0 Å². The predicted octanol–water partition coefficient (Wildman–Crippen LogP) is 1.99. The topological polar surface area (TPSA) is 94.3 Å². The van der Waals surface area contributed by atoms with E-state index in [0.717, 1.165) is 11.3 Å². The molecule has 0 aromatic heterocycles. The molecule has 0 spiro atoms. The van der Waals surface area contributed by atoms with Gasteiger partial charge in [0.05, 0.1) is 5.69 Å². The van der Waals surface area contributed by atoms with Crippen molar-refractivity contribution in [3.05, 3.63) is 59.9 Å². The van der Waals surface area contributed by atoms with E-state index in [0.29, 0.717) is 0 Å². The maximum Gasteiger partial charge on any atom is 0.247 e. The largest absolute Gasteiger partial charge is 0.331 e. The Morgan fingerprint density at radius 1 is 0.923 bits per heavy atom. The van der Waals surface area contributed by atoms with Gasteiger partial charge in [0, 0.05) is 5.69 Å². The molecule has 2 rings (SSSR count). The second kappa shape index (κ2) is 9.33. The van der Waals surface area contributed by atoms with Gasteiger partial charge in [-0.2, -0.15) is 0 Å². The van der Waals surface area contributed by atoms with E-state index in [2.05, 4.69) is 27.0 Å². The number of nitrogens with one attached hydrogen (secondary N) is 5. The van der Waals surface area contributed by atoms with Gasteiger partial charge in [0.1, 0.15) is 12.2 Å². The molecule has 0 radical (unpaired) electrons. The number of anilines is 2. The maximum atomic E-state index is 13.4. The van der Waals surface area contributed by atoms with Gasteiger partial charge in [0.25, 0.3) is 0 Å². The molecule has 9 heteroatoms. The number of aryl methyl sites for hydroxylation is 1. The summed E-state index contributed by atoms with van der Waals surface area (Å²) in [5.41, 5.74) is 11.3. The first-order valence-electron chi connectivity index (χ1n) is 7.66. The van der Waals surface area contributed by atoms with Gasteiger partial charge in [-0.3, -0.25) is 31.3 Å². The van der Waals surface area contributed by atoms with Gasteiger partial charge in [0.15, 0.2) is 5.11 Å². The number of halogens is 1. The van der Waals surface area contributed by atoms with Crippen molar-refractivity contribution in [2.75, 3.05) is 10.7 Å². The highest BCUT2D eigenvalue weighted by Crippen LogP contribution is 2.12. The predicted molar refractivity (Wildman–Crippen MR) is 101 cm³/mol. The number of hydrazine groups is 2. The van der Waals surface area contributed by atoms with E-state index < -0.39 is 24.1 Å². The van der Waals surface area contributed by atoms with Crippen LogP contribution in [0.3, 0.4) is 0 Å². The molecule has 0 bridgehead atoms. The van der Waals surface area contributed by atoms with E-state index in [1.165, 1.54) is 18.2 Å². The number of rotatable bonds is 5. The van der Waals surface area contributed by atoms with Gasteiger partial charge >= 0.3 is 0 Å². The van der Waals surface area contributed by atoms with E-state index in [4.69, 9.17) is 12.2 Å². The minimum absolute atomic E-state index is 0.1000. The number of hydrogen-bond acceptors (Lipinski definition) is 4. The van der Waals surface area contributed by atoms with E-state index in [1.54, 1.807) is 6.07 Å². The fourth-order valence-electron chi connectivity index (χ4n) is 1.93. The van der Waals surface area contributed by atoms with Crippen LogP contribution in [0, 0.1) is 12.7 Å². The van der Waals surface area contributed by atoms with Crippen molar-refractivity contribution in [3.63, 3.8) is 0 Å². The summed E-state index contributed by atoms with van der Waals surface area (Å²) < 4.78 is 13.4. The normalized spacial score (nSPS) is 9.77. The zero-order chi connectivity index (χ0) is 18.9. The fraction of sp³-hybridized carbons (Fsp3) is 0.118. The Hall–Kier alpha value is -3.20. The molecule has 0 fully saturated rings. The molecule has 0 atom stereocenters. The summed E-state index contributed by atoms with van der Waals surface area (Å²) in [6.45, 7) is 1.91. The second-order valence-electron chi connectivity index (χ2n) is 5.27. The summed E-state index contributed by atoms with van der Waals surface area (Å²) in [5.74, 6) is -1.76. The standard InChI is InChI=1S/C17H18FN5O2S/c1-11-6-2-4-8-13(11)19-17(26)23-22-16(25)10-15(24)21-20-14-9-5-3-7-12(14)18/h2-9,20H,10H2,1H3,(H,21,24)(H,22,25)(H2,19,23,26). The van der Waals surface area contributed by atoms with Crippen LogP contribution in [0.4, 0.5) is 15.8 Å². The monoisotopic (exact) mass is 375 g/mol. The van der Waals surface area contributed by atoms with E-state index >= 15 is 0 Å². The molecule has 0 aliphatic rings. The number of carbonyl (C=O) groups is 2. The lowest BCUT2D eigenvalue weighted by Crippen LogP contribution is -2.45. The Balaban J connectivity index is 1.71. The Labute approximate surface area is 155 Å². The SMILES string of the molecule is Cc1ccccc1NC(=S)NNC(=O)CC(=O)NNc1ccccc1F. The first kappa shape index (κ1) is 19.1. The van der Waals surface area contributed by atoms with Crippen LogP contribution in [-0.2, 0) is 9.59 Å². The molecule has 0 heterocycles.